The molecule has 0 unspecified atom stereocenters. The highest BCUT2D eigenvalue weighted by molar-refractivity contribution is 5.96. The zero-order valence-corrected chi connectivity index (χ0v) is 19.0. The topological polar surface area (TPSA) is 82.7 Å². The van der Waals surface area contributed by atoms with E-state index in [1.54, 1.807) is 42.8 Å². The maximum atomic E-state index is 11.6. The van der Waals surface area contributed by atoms with Crippen molar-refractivity contribution < 1.29 is 24.2 Å². The number of carbonyl (C=O) groups excluding carboxylic acids is 2. The number of aldehydes is 1. The van der Waals surface area contributed by atoms with Gasteiger partial charge in [-0.05, 0) is 69.3 Å². The lowest BCUT2D eigenvalue weighted by atomic mass is 10.2. The molecule has 7 heteroatoms. The first-order chi connectivity index (χ1) is 15.2. The monoisotopic (exact) mass is 436 g/mol. The zero-order chi connectivity index (χ0) is 23.4. The minimum atomic E-state index is -0.347. The van der Waals surface area contributed by atoms with Crippen LogP contribution in [-0.4, -0.2) is 39.2 Å². The number of ether oxygens (including phenoxy) is 2. The quantitative estimate of drug-likeness (QED) is 0.358. The van der Waals surface area contributed by atoms with E-state index in [0.29, 0.717) is 18.0 Å². The molecule has 2 aromatic heterocycles. The van der Waals surface area contributed by atoms with Gasteiger partial charge >= 0.3 is 5.97 Å². The third kappa shape index (κ3) is 4.77. The number of hydrogen-bond donors (Lipinski definition) is 1. The molecule has 2 heterocycles. The summed E-state index contributed by atoms with van der Waals surface area (Å²) in [6, 6.07) is 14.4. The van der Waals surface area contributed by atoms with Crippen molar-refractivity contribution in [1.29, 1.82) is 0 Å². The molecule has 32 heavy (non-hydrogen) atoms. The van der Waals surface area contributed by atoms with E-state index in [1.165, 1.54) is 0 Å². The number of aromatic nitrogens is 2. The van der Waals surface area contributed by atoms with Crippen LogP contribution < -0.4 is 4.74 Å². The summed E-state index contributed by atoms with van der Waals surface area (Å²) in [6.07, 6.45) is 1.02. The van der Waals surface area contributed by atoms with Crippen molar-refractivity contribution in [3.05, 3.63) is 59.9 Å². The van der Waals surface area contributed by atoms with Crippen LogP contribution in [0.3, 0.4) is 0 Å². The maximum absolute atomic E-state index is 11.6. The molecule has 0 aliphatic carbocycles. The summed E-state index contributed by atoms with van der Waals surface area (Å²) in [5.41, 5.74) is 3.10. The van der Waals surface area contributed by atoms with Crippen LogP contribution in [0.4, 0.5) is 0 Å². The first-order valence-electron chi connectivity index (χ1n) is 10.4. The smallest absolute Gasteiger partial charge is 0.354 e. The van der Waals surface area contributed by atoms with Gasteiger partial charge in [0.25, 0.3) is 0 Å². The molecule has 0 saturated heterocycles. The largest absolute Gasteiger partial charge is 0.508 e. The van der Waals surface area contributed by atoms with Crippen molar-refractivity contribution in [2.75, 3.05) is 6.61 Å². The van der Waals surface area contributed by atoms with E-state index in [-0.39, 0.29) is 17.8 Å². The van der Waals surface area contributed by atoms with E-state index in [0.717, 1.165) is 33.8 Å². The maximum Gasteiger partial charge on any atom is 0.354 e. The number of hydrogen-bond acceptors (Lipinski definition) is 5. The number of esters is 1. The van der Waals surface area contributed by atoms with Gasteiger partial charge in [0.2, 0.25) is 0 Å². The highest BCUT2D eigenvalue weighted by atomic mass is 16.5. The minimum absolute atomic E-state index is 0.159. The average molecular weight is 437 g/mol. The third-order valence-electron chi connectivity index (χ3n) is 5.05. The molecular weight excluding hydrogens is 408 g/mol. The predicted molar refractivity (Wildman–Crippen MR) is 125 cm³/mol. The number of rotatable bonds is 5. The highest BCUT2D eigenvalue weighted by Gasteiger charge is 2.14. The lowest BCUT2D eigenvalue weighted by molar-refractivity contribution is 0.0515. The lowest BCUT2D eigenvalue weighted by Gasteiger charge is -2.09. The first-order valence-corrected chi connectivity index (χ1v) is 10.4. The van der Waals surface area contributed by atoms with E-state index in [9.17, 15) is 14.7 Å². The van der Waals surface area contributed by atoms with E-state index >= 15 is 0 Å². The van der Waals surface area contributed by atoms with Crippen LogP contribution in [0.15, 0.2) is 48.5 Å². The summed E-state index contributed by atoms with van der Waals surface area (Å²) in [7, 11) is 3.68. The Morgan fingerprint density at radius 1 is 1.00 bits per heavy atom. The Balaban J connectivity index is 0.000000181. The summed E-state index contributed by atoms with van der Waals surface area (Å²) in [6.45, 7) is 6.11. The molecule has 2 aromatic carbocycles. The minimum Gasteiger partial charge on any atom is -0.508 e. The molecule has 168 valence electrons. The summed E-state index contributed by atoms with van der Waals surface area (Å²) < 4.78 is 14.2. The van der Waals surface area contributed by atoms with Gasteiger partial charge in [-0.1, -0.05) is 0 Å². The van der Waals surface area contributed by atoms with Crippen LogP contribution in [-0.2, 0) is 18.8 Å². The van der Waals surface area contributed by atoms with Crippen LogP contribution in [0.1, 0.15) is 41.7 Å². The fourth-order valence-corrected chi connectivity index (χ4v) is 3.55. The van der Waals surface area contributed by atoms with Gasteiger partial charge in [-0.15, -0.1) is 0 Å². The van der Waals surface area contributed by atoms with Gasteiger partial charge < -0.3 is 23.7 Å². The lowest BCUT2D eigenvalue weighted by Crippen LogP contribution is -2.09. The molecule has 4 aromatic rings. The van der Waals surface area contributed by atoms with Crippen LogP contribution in [0, 0.1) is 0 Å². The second-order valence-electron chi connectivity index (χ2n) is 7.69. The molecular formula is C25H28N2O5. The van der Waals surface area contributed by atoms with E-state index in [2.05, 4.69) is 0 Å². The molecule has 0 aliphatic rings. The Hall–Kier alpha value is -3.74. The van der Waals surface area contributed by atoms with Crippen molar-refractivity contribution >= 4 is 34.1 Å². The Morgan fingerprint density at radius 2 is 1.66 bits per heavy atom. The molecule has 0 radical (unpaired) electrons. The molecule has 0 fully saturated rings. The number of aryl methyl sites for hydroxylation is 2. The number of fused-ring (bicyclic) bond motifs is 2. The Morgan fingerprint density at radius 3 is 2.31 bits per heavy atom. The Bertz CT molecular complexity index is 1270. The second kappa shape index (κ2) is 9.60. The molecule has 0 spiro atoms. The van der Waals surface area contributed by atoms with Gasteiger partial charge in [-0.2, -0.15) is 0 Å². The molecule has 1 N–H and O–H groups in total. The van der Waals surface area contributed by atoms with Crippen LogP contribution in [0.2, 0.25) is 0 Å². The van der Waals surface area contributed by atoms with Crippen molar-refractivity contribution in [3.63, 3.8) is 0 Å². The fraction of sp³-hybridized carbons (Fsp3) is 0.280. The van der Waals surface area contributed by atoms with Crippen molar-refractivity contribution in [1.82, 2.24) is 9.13 Å². The van der Waals surface area contributed by atoms with Crippen LogP contribution >= 0.6 is 0 Å². The third-order valence-corrected chi connectivity index (χ3v) is 5.05. The van der Waals surface area contributed by atoms with Gasteiger partial charge in [0, 0.05) is 35.9 Å². The van der Waals surface area contributed by atoms with E-state index < -0.39 is 0 Å². The van der Waals surface area contributed by atoms with Gasteiger partial charge in [0.05, 0.1) is 18.4 Å². The van der Waals surface area contributed by atoms with Gasteiger partial charge in [-0.25, -0.2) is 4.79 Å². The molecule has 0 aliphatic heterocycles. The summed E-state index contributed by atoms with van der Waals surface area (Å²) in [5.74, 6) is 0.680. The fourth-order valence-electron chi connectivity index (χ4n) is 3.55. The molecule has 0 bridgehead atoms. The van der Waals surface area contributed by atoms with E-state index in [1.807, 2.05) is 49.7 Å². The number of carbonyl (C=O) groups is 2. The SMILES string of the molecule is CC(C)Oc1ccc2c(c1)cc(C=O)n2C.CCOC(=O)c1cc2cc(O)ccc2n1C. The number of aromatic hydroxyl groups is 1. The van der Waals surface area contributed by atoms with Crippen molar-refractivity contribution in [3.8, 4) is 11.5 Å². The molecule has 0 saturated carbocycles. The standard InChI is InChI=1S/C13H15NO2.C12H13NO3/c1-9(2)16-12-4-5-13-10(7-12)6-11(8-15)14(13)3;1-3-16-12(15)11-7-8-6-9(14)4-5-10(8)13(11)2/h4-9H,1-3H3;4-7,14H,3H2,1-2H3. The first kappa shape index (κ1) is 22.9. The second-order valence-corrected chi connectivity index (χ2v) is 7.69. The predicted octanol–water partition coefficient (Wildman–Crippen LogP) is 4.84. The van der Waals surface area contributed by atoms with Crippen molar-refractivity contribution in [2.45, 2.75) is 26.9 Å². The van der Waals surface area contributed by atoms with Gasteiger partial charge in [0.15, 0.2) is 6.29 Å². The average Bonchev–Trinajstić information content (AvgIpc) is 3.24. The Kier molecular flexibility index (Phi) is 6.88. The molecule has 7 nitrogen and oxygen atoms in total. The van der Waals surface area contributed by atoms with Crippen molar-refractivity contribution in [2.24, 2.45) is 14.1 Å². The van der Waals surface area contributed by atoms with E-state index in [4.69, 9.17) is 9.47 Å². The molecule has 0 atom stereocenters. The summed E-state index contributed by atoms with van der Waals surface area (Å²) >= 11 is 0. The number of benzene rings is 2. The summed E-state index contributed by atoms with van der Waals surface area (Å²) in [4.78, 5) is 22.4. The number of phenolic OH excluding ortho intramolecular Hbond substituents is 1. The van der Waals surface area contributed by atoms with Crippen LogP contribution in [0.25, 0.3) is 21.8 Å². The zero-order valence-electron chi connectivity index (χ0n) is 19.0. The highest BCUT2D eigenvalue weighted by Crippen LogP contribution is 2.24. The normalized spacial score (nSPS) is 10.8. The van der Waals surface area contributed by atoms with Crippen LogP contribution in [0.5, 0.6) is 11.5 Å². The number of phenols is 1. The van der Waals surface area contributed by atoms with Gasteiger partial charge in [-0.3, -0.25) is 4.79 Å². The summed E-state index contributed by atoms with van der Waals surface area (Å²) in [5, 5.41) is 11.2. The van der Waals surface area contributed by atoms with Gasteiger partial charge in [0.1, 0.15) is 17.2 Å². The Labute approximate surface area is 186 Å². The molecule has 0 amide bonds. The molecule has 4 rings (SSSR count). The number of nitrogens with zero attached hydrogens (tertiary/aromatic N) is 2.